The minimum absolute atomic E-state index is 0.477. The van der Waals surface area contributed by atoms with Gasteiger partial charge in [-0.05, 0) is 30.0 Å². The van der Waals surface area contributed by atoms with Crippen molar-refractivity contribution in [2.24, 2.45) is 4.99 Å². The zero-order chi connectivity index (χ0) is 16.3. The number of thiophene rings is 1. The van der Waals surface area contributed by atoms with Crippen LogP contribution in [0.4, 0.5) is 0 Å². The Kier molecular flexibility index (Phi) is 7.69. The number of ether oxygens (including phenoxy) is 1. The number of hydrogen-bond donors (Lipinski definition) is 2. The molecular formula is C17H25N3O2S. The lowest BCUT2D eigenvalue weighted by Crippen LogP contribution is -2.39. The van der Waals surface area contributed by atoms with Gasteiger partial charge >= 0.3 is 0 Å². The van der Waals surface area contributed by atoms with Crippen molar-refractivity contribution in [2.75, 3.05) is 26.7 Å². The van der Waals surface area contributed by atoms with Crippen LogP contribution in [0, 0.1) is 0 Å². The molecule has 0 aliphatic carbocycles. The van der Waals surface area contributed by atoms with Gasteiger partial charge in [-0.15, -0.1) is 11.3 Å². The summed E-state index contributed by atoms with van der Waals surface area (Å²) in [5, 5.41) is 8.78. The number of nitrogens with one attached hydrogen (secondary N) is 2. The van der Waals surface area contributed by atoms with E-state index in [1.165, 1.54) is 4.88 Å². The van der Waals surface area contributed by atoms with Gasteiger partial charge in [-0.25, -0.2) is 0 Å². The fraction of sp³-hybridized carbons (Fsp3) is 0.471. The number of furan rings is 1. The standard InChI is InChI=1S/C17H25N3O2S/c1-14(16-7-4-11-23-16)12-20-17(18-2)19-8-5-9-21-13-15-6-3-10-22-15/h3-4,6-7,10-11,14H,5,8-9,12-13H2,1-2H3,(H2,18,19,20). The number of hydrogen-bond acceptors (Lipinski definition) is 4. The van der Waals surface area contributed by atoms with E-state index in [0.29, 0.717) is 19.1 Å². The molecule has 0 aliphatic heterocycles. The third-order valence-electron chi connectivity index (χ3n) is 3.41. The maximum absolute atomic E-state index is 5.55. The van der Waals surface area contributed by atoms with Crippen LogP contribution in [0.2, 0.25) is 0 Å². The Morgan fingerprint density at radius 1 is 1.35 bits per heavy atom. The van der Waals surface area contributed by atoms with E-state index in [1.807, 2.05) is 12.1 Å². The molecule has 1 unspecified atom stereocenters. The lowest BCUT2D eigenvalue weighted by molar-refractivity contribution is 0.105. The third-order valence-corrected chi connectivity index (χ3v) is 4.51. The van der Waals surface area contributed by atoms with E-state index < -0.39 is 0 Å². The minimum Gasteiger partial charge on any atom is -0.467 e. The minimum atomic E-state index is 0.477. The molecule has 0 spiro atoms. The molecule has 6 heteroatoms. The summed E-state index contributed by atoms with van der Waals surface area (Å²) < 4.78 is 10.8. The van der Waals surface area contributed by atoms with Gasteiger partial charge < -0.3 is 19.8 Å². The van der Waals surface area contributed by atoms with Crippen LogP contribution in [0.15, 0.2) is 45.3 Å². The van der Waals surface area contributed by atoms with Crippen LogP contribution in [-0.4, -0.2) is 32.7 Å². The Hall–Kier alpha value is -1.79. The van der Waals surface area contributed by atoms with Gasteiger partial charge in [0, 0.05) is 37.5 Å². The first-order valence-corrected chi connectivity index (χ1v) is 8.75. The van der Waals surface area contributed by atoms with Crippen molar-refractivity contribution >= 4 is 17.3 Å². The van der Waals surface area contributed by atoms with Crippen molar-refractivity contribution in [1.29, 1.82) is 0 Å². The molecule has 2 aromatic heterocycles. The summed E-state index contributed by atoms with van der Waals surface area (Å²) in [6.45, 7) is 5.13. The van der Waals surface area contributed by atoms with Gasteiger partial charge in [0.2, 0.25) is 0 Å². The number of aliphatic imine (C=N–C) groups is 1. The maximum atomic E-state index is 5.55. The molecule has 0 amide bonds. The van der Waals surface area contributed by atoms with Crippen molar-refractivity contribution in [1.82, 2.24) is 10.6 Å². The Balaban J connectivity index is 1.54. The molecule has 2 aromatic rings. The molecule has 2 heterocycles. The fourth-order valence-electron chi connectivity index (χ4n) is 2.09. The molecule has 1 atom stereocenters. The number of rotatable bonds is 9. The highest BCUT2D eigenvalue weighted by Crippen LogP contribution is 2.19. The molecule has 0 fully saturated rings. The molecule has 0 aliphatic rings. The summed E-state index contributed by atoms with van der Waals surface area (Å²) in [5.41, 5.74) is 0. The lowest BCUT2D eigenvalue weighted by Gasteiger charge is -2.15. The average molecular weight is 335 g/mol. The molecular weight excluding hydrogens is 310 g/mol. The van der Waals surface area contributed by atoms with Crippen LogP contribution in [-0.2, 0) is 11.3 Å². The molecule has 2 rings (SSSR count). The Bertz CT molecular complexity index is 552. The third kappa shape index (κ3) is 6.46. The van der Waals surface area contributed by atoms with Gasteiger partial charge in [0.1, 0.15) is 12.4 Å². The highest BCUT2D eigenvalue weighted by molar-refractivity contribution is 7.10. The van der Waals surface area contributed by atoms with E-state index >= 15 is 0 Å². The van der Waals surface area contributed by atoms with Crippen LogP contribution < -0.4 is 10.6 Å². The second-order valence-electron chi connectivity index (χ2n) is 5.28. The van der Waals surface area contributed by atoms with Crippen molar-refractivity contribution in [2.45, 2.75) is 25.9 Å². The number of nitrogens with zero attached hydrogens (tertiary/aromatic N) is 1. The number of guanidine groups is 1. The van der Waals surface area contributed by atoms with Crippen molar-refractivity contribution in [3.63, 3.8) is 0 Å². The van der Waals surface area contributed by atoms with E-state index in [2.05, 4.69) is 40.1 Å². The maximum Gasteiger partial charge on any atom is 0.190 e. The normalized spacial score (nSPS) is 13.0. The van der Waals surface area contributed by atoms with Crippen LogP contribution in [0.5, 0.6) is 0 Å². The zero-order valence-corrected chi connectivity index (χ0v) is 14.6. The lowest BCUT2D eigenvalue weighted by atomic mass is 10.1. The molecule has 0 aromatic carbocycles. The van der Waals surface area contributed by atoms with Gasteiger partial charge in [-0.1, -0.05) is 13.0 Å². The summed E-state index contributed by atoms with van der Waals surface area (Å²) in [6.07, 6.45) is 2.58. The first-order chi connectivity index (χ1) is 11.3. The highest BCUT2D eigenvalue weighted by Gasteiger charge is 2.07. The Morgan fingerprint density at radius 3 is 2.96 bits per heavy atom. The van der Waals surface area contributed by atoms with E-state index in [4.69, 9.17) is 9.15 Å². The molecule has 0 saturated carbocycles. The second-order valence-corrected chi connectivity index (χ2v) is 6.26. The van der Waals surface area contributed by atoms with Crippen LogP contribution >= 0.6 is 11.3 Å². The highest BCUT2D eigenvalue weighted by atomic mass is 32.1. The van der Waals surface area contributed by atoms with Crippen molar-refractivity contribution in [3.05, 3.63) is 46.5 Å². The first kappa shape index (κ1) is 17.6. The summed E-state index contributed by atoms with van der Waals surface area (Å²) in [7, 11) is 1.79. The van der Waals surface area contributed by atoms with Crippen LogP contribution in [0.1, 0.15) is 29.9 Å². The summed E-state index contributed by atoms with van der Waals surface area (Å²) >= 11 is 1.79. The fourth-order valence-corrected chi connectivity index (χ4v) is 2.88. The monoisotopic (exact) mass is 335 g/mol. The predicted octanol–water partition coefficient (Wildman–Crippen LogP) is 3.22. The molecule has 2 N–H and O–H groups in total. The smallest absolute Gasteiger partial charge is 0.190 e. The Labute approximate surface area is 141 Å². The van der Waals surface area contributed by atoms with Crippen LogP contribution in [0.3, 0.4) is 0 Å². The van der Waals surface area contributed by atoms with Crippen molar-refractivity contribution < 1.29 is 9.15 Å². The quantitative estimate of drug-likeness (QED) is 0.420. The molecule has 5 nitrogen and oxygen atoms in total. The topological polar surface area (TPSA) is 58.8 Å². The average Bonchev–Trinajstić information content (AvgIpc) is 3.26. The molecule has 0 bridgehead atoms. The van der Waals surface area contributed by atoms with E-state index in [1.54, 1.807) is 24.6 Å². The summed E-state index contributed by atoms with van der Waals surface area (Å²) in [4.78, 5) is 5.63. The zero-order valence-electron chi connectivity index (χ0n) is 13.7. The van der Waals surface area contributed by atoms with Gasteiger partial charge in [0.15, 0.2) is 5.96 Å². The second kappa shape index (κ2) is 10.1. The van der Waals surface area contributed by atoms with E-state index in [0.717, 1.165) is 31.2 Å². The molecule has 0 radical (unpaired) electrons. The van der Waals surface area contributed by atoms with Gasteiger partial charge in [-0.2, -0.15) is 0 Å². The SMILES string of the molecule is CN=C(NCCCOCc1ccco1)NCC(C)c1cccs1. The van der Waals surface area contributed by atoms with Crippen LogP contribution in [0.25, 0.3) is 0 Å². The van der Waals surface area contributed by atoms with E-state index in [-0.39, 0.29) is 0 Å². The Morgan fingerprint density at radius 2 is 2.26 bits per heavy atom. The largest absolute Gasteiger partial charge is 0.467 e. The van der Waals surface area contributed by atoms with Gasteiger partial charge in [0.25, 0.3) is 0 Å². The van der Waals surface area contributed by atoms with Gasteiger partial charge in [-0.3, -0.25) is 4.99 Å². The molecule has 0 saturated heterocycles. The molecule has 126 valence electrons. The predicted molar refractivity (Wildman–Crippen MR) is 95.1 cm³/mol. The summed E-state index contributed by atoms with van der Waals surface area (Å²) in [6, 6.07) is 8.04. The summed E-state index contributed by atoms with van der Waals surface area (Å²) in [5.74, 6) is 2.17. The van der Waals surface area contributed by atoms with Gasteiger partial charge in [0.05, 0.1) is 6.26 Å². The molecule has 23 heavy (non-hydrogen) atoms. The van der Waals surface area contributed by atoms with E-state index in [9.17, 15) is 0 Å². The van der Waals surface area contributed by atoms with Crippen molar-refractivity contribution in [3.8, 4) is 0 Å². The first-order valence-electron chi connectivity index (χ1n) is 7.87.